The lowest BCUT2D eigenvalue weighted by molar-refractivity contribution is 0.490. The third kappa shape index (κ3) is 4.03. The van der Waals surface area contributed by atoms with Crippen LogP contribution in [0.5, 0.6) is 11.5 Å². The molecule has 3 radical (unpaired) electrons. The predicted octanol–water partition coefficient (Wildman–Crippen LogP) is 4.03. The highest BCUT2D eigenvalue weighted by atomic mass is 31.1. The Morgan fingerprint density at radius 1 is 0.519 bits per heavy atom. The van der Waals surface area contributed by atoms with Crippen molar-refractivity contribution in [2.45, 2.75) is 0 Å². The van der Waals surface area contributed by atoms with Crippen LogP contribution in [0.2, 0.25) is 0 Å². The highest BCUT2D eigenvalue weighted by molar-refractivity contribution is 7.80. The topological polar surface area (TPSA) is 9.23 Å². The minimum atomic E-state index is -0.713. The second-order valence-electron chi connectivity index (χ2n) is 6.07. The maximum atomic E-state index is 6.33. The SMILES string of the molecule is [Si]c1ccccc1Oc1ccccc1P(c1ccccc1)c1ccccc1. The van der Waals surface area contributed by atoms with Crippen LogP contribution >= 0.6 is 7.92 Å². The zero-order valence-electron chi connectivity index (χ0n) is 14.7. The van der Waals surface area contributed by atoms with E-state index in [9.17, 15) is 0 Å². The van der Waals surface area contributed by atoms with Crippen molar-refractivity contribution >= 4 is 39.3 Å². The van der Waals surface area contributed by atoms with Gasteiger partial charge in [0.05, 0.1) is 10.2 Å². The molecule has 0 aliphatic heterocycles. The largest absolute Gasteiger partial charge is 0.457 e. The maximum absolute atomic E-state index is 6.33. The van der Waals surface area contributed by atoms with Crippen molar-refractivity contribution in [2.24, 2.45) is 0 Å². The Balaban J connectivity index is 1.83. The number of para-hydroxylation sites is 2. The van der Waals surface area contributed by atoms with E-state index in [-0.39, 0.29) is 0 Å². The van der Waals surface area contributed by atoms with Gasteiger partial charge in [0.15, 0.2) is 0 Å². The van der Waals surface area contributed by atoms with Crippen LogP contribution in [0.25, 0.3) is 0 Å². The Morgan fingerprint density at radius 2 is 1.00 bits per heavy atom. The van der Waals surface area contributed by atoms with Crippen LogP contribution in [0.3, 0.4) is 0 Å². The zero-order chi connectivity index (χ0) is 18.5. The zero-order valence-corrected chi connectivity index (χ0v) is 16.6. The van der Waals surface area contributed by atoms with Crippen LogP contribution < -0.4 is 25.8 Å². The molecule has 3 heteroatoms. The van der Waals surface area contributed by atoms with E-state index in [1.165, 1.54) is 15.9 Å². The first-order valence-corrected chi connectivity index (χ1v) is 10.6. The van der Waals surface area contributed by atoms with E-state index in [0.717, 1.165) is 16.7 Å². The maximum Gasteiger partial charge on any atom is 0.135 e. The minimum absolute atomic E-state index is 0.713. The number of benzene rings is 4. The van der Waals surface area contributed by atoms with E-state index < -0.39 is 7.92 Å². The Morgan fingerprint density at radius 3 is 1.59 bits per heavy atom. The summed E-state index contributed by atoms with van der Waals surface area (Å²) in [6, 6.07) is 37.6. The number of ether oxygens (including phenoxy) is 1. The molecule has 129 valence electrons. The summed E-state index contributed by atoms with van der Waals surface area (Å²) in [5.74, 6) is 1.71. The average Bonchev–Trinajstić information content (AvgIpc) is 2.73. The molecule has 0 spiro atoms. The fraction of sp³-hybridized carbons (Fsp3) is 0. The summed E-state index contributed by atoms with van der Waals surface area (Å²) in [5, 5.41) is 4.76. The molecular formula is C24H18OPSi. The molecule has 0 amide bonds. The summed E-state index contributed by atoms with van der Waals surface area (Å²) < 4.78 is 6.33. The second kappa shape index (κ2) is 8.35. The van der Waals surface area contributed by atoms with Gasteiger partial charge in [-0.2, -0.15) is 0 Å². The number of hydrogen-bond donors (Lipinski definition) is 0. The molecule has 27 heavy (non-hydrogen) atoms. The van der Waals surface area contributed by atoms with Gasteiger partial charge in [-0.05, 0) is 35.9 Å². The molecule has 4 aromatic rings. The van der Waals surface area contributed by atoms with Gasteiger partial charge < -0.3 is 4.74 Å². The molecule has 0 heterocycles. The summed E-state index contributed by atoms with van der Waals surface area (Å²) >= 11 is 0. The molecule has 4 rings (SSSR count). The molecule has 0 unspecified atom stereocenters. The van der Waals surface area contributed by atoms with Crippen molar-refractivity contribution in [3.05, 3.63) is 109 Å². The van der Waals surface area contributed by atoms with Gasteiger partial charge in [0, 0.05) is 5.30 Å². The molecule has 4 aromatic carbocycles. The van der Waals surface area contributed by atoms with E-state index in [0.29, 0.717) is 0 Å². The first-order valence-electron chi connectivity index (χ1n) is 8.81. The minimum Gasteiger partial charge on any atom is -0.457 e. The van der Waals surface area contributed by atoms with E-state index in [1.54, 1.807) is 0 Å². The van der Waals surface area contributed by atoms with Gasteiger partial charge in [-0.3, -0.25) is 0 Å². The number of rotatable bonds is 5. The fourth-order valence-corrected chi connectivity index (χ4v) is 5.59. The Kier molecular flexibility index (Phi) is 5.48. The quantitative estimate of drug-likeness (QED) is 0.375. The Bertz CT molecular complexity index is 979. The standard InChI is InChI=1S/C24H18OPSi/c27-24-18-10-8-16-22(24)25-21-15-7-9-17-23(21)26(19-11-3-1-4-12-19)20-13-5-2-6-14-20/h1-18H. The van der Waals surface area contributed by atoms with Crippen molar-refractivity contribution < 1.29 is 4.74 Å². The van der Waals surface area contributed by atoms with Crippen molar-refractivity contribution in [1.82, 2.24) is 0 Å². The van der Waals surface area contributed by atoms with Gasteiger partial charge in [-0.1, -0.05) is 97.1 Å². The van der Waals surface area contributed by atoms with Crippen molar-refractivity contribution in [2.75, 3.05) is 0 Å². The molecule has 0 atom stereocenters. The fourth-order valence-electron chi connectivity index (χ4n) is 2.98. The molecule has 0 N–H and O–H groups in total. The molecule has 0 aliphatic carbocycles. The van der Waals surface area contributed by atoms with Gasteiger partial charge in [0.1, 0.15) is 11.5 Å². The van der Waals surface area contributed by atoms with Crippen LogP contribution in [-0.2, 0) is 0 Å². The average molecular weight is 381 g/mol. The van der Waals surface area contributed by atoms with E-state index in [2.05, 4.69) is 89.1 Å². The van der Waals surface area contributed by atoms with Crippen LogP contribution in [0.4, 0.5) is 0 Å². The summed E-state index contributed by atoms with van der Waals surface area (Å²) in [4.78, 5) is 0. The molecule has 0 fully saturated rings. The lowest BCUT2D eigenvalue weighted by Crippen LogP contribution is -2.22. The highest BCUT2D eigenvalue weighted by Gasteiger charge is 2.20. The summed E-state index contributed by atoms with van der Waals surface area (Å²) in [6.45, 7) is 0. The van der Waals surface area contributed by atoms with Crippen molar-refractivity contribution in [3.63, 3.8) is 0 Å². The van der Waals surface area contributed by atoms with Crippen molar-refractivity contribution in [1.29, 1.82) is 0 Å². The molecule has 0 saturated heterocycles. The highest BCUT2D eigenvalue weighted by Crippen LogP contribution is 2.37. The van der Waals surface area contributed by atoms with Gasteiger partial charge in [0.25, 0.3) is 0 Å². The van der Waals surface area contributed by atoms with Gasteiger partial charge in [-0.25, -0.2) is 0 Å². The molecule has 0 bridgehead atoms. The third-order valence-corrected chi connectivity index (χ3v) is 7.14. The third-order valence-electron chi connectivity index (χ3n) is 4.24. The lowest BCUT2D eigenvalue weighted by Gasteiger charge is -2.22. The molecule has 0 aromatic heterocycles. The van der Waals surface area contributed by atoms with Crippen LogP contribution in [0.15, 0.2) is 109 Å². The summed E-state index contributed by atoms with van der Waals surface area (Å²) in [5.41, 5.74) is 0. The summed E-state index contributed by atoms with van der Waals surface area (Å²) in [6.07, 6.45) is 0. The normalized spacial score (nSPS) is 10.7. The smallest absolute Gasteiger partial charge is 0.135 e. The van der Waals surface area contributed by atoms with Crippen LogP contribution in [0, 0.1) is 0 Å². The Labute approximate surface area is 164 Å². The second-order valence-corrected chi connectivity index (χ2v) is 8.80. The van der Waals surface area contributed by atoms with Gasteiger partial charge in [-0.15, -0.1) is 0 Å². The monoisotopic (exact) mass is 381 g/mol. The molecular weight excluding hydrogens is 363 g/mol. The summed E-state index contributed by atoms with van der Waals surface area (Å²) in [7, 11) is 2.93. The van der Waals surface area contributed by atoms with E-state index in [1.807, 2.05) is 30.3 Å². The Hall–Kier alpha value is -2.67. The lowest BCUT2D eigenvalue weighted by atomic mass is 10.3. The first-order chi connectivity index (χ1) is 13.3. The van der Waals surface area contributed by atoms with Gasteiger partial charge >= 0.3 is 0 Å². The van der Waals surface area contributed by atoms with Crippen molar-refractivity contribution in [3.8, 4) is 11.5 Å². The predicted molar refractivity (Wildman–Crippen MR) is 117 cm³/mol. The van der Waals surface area contributed by atoms with Crippen LogP contribution in [0.1, 0.15) is 0 Å². The molecule has 0 aliphatic rings. The molecule has 1 nitrogen and oxygen atoms in total. The molecule has 0 saturated carbocycles. The van der Waals surface area contributed by atoms with E-state index in [4.69, 9.17) is 4.74 Å². The first kappa shape index (κ1) is 17.7. The number of hydrogen-bond acceptors (Lipinski definition) is 1. The van der Waals surface area contributed by atoms with E-state index >= 15 is 0 Å². The van der Waals surface area contributed by atoms with Crippen LogP contribution in [-0.4, -0.2) is 10.2 Å². The van der Waals surface area contributed by atoms with Gasteiger partial charge in [0.2, 0.25) is 0 Å².